The lowest BCUT2D eigenvalue weighted by Gasteiger charge is -2.38. The van der Waals surface area contributed by atoms with Crippen LogP contribution >= 0.6 is 0 Å². The first-order valence-corrected chi connectivity index (χ1v) is 10.0. The Labute approximate surface area is 166 Å². The normalized spacial score (nSPS) is 15.5. The smallest absolute Gasteiger partial charge is 0.340 e. The molecule has 0 aromatic heterocycles. The molecule has 1 saturated carbocycles. The molecular weight excluding hydrogens is 352 g/mol. The van der Waals surface area contributed by atoms with E-state index in [1.165, 1.54) is 24.8 Å². The number of nitrogens with one attached hydrogen (secondary N) is 2. The predicted octanol–water partition coefficient (Wildman–Crippen LogP) is 4.89. The fraction of sp³-hybridized carbons (Fsp3) is 0.391. The first kappa shape index (κ1) is 19.9. The van der Waals surface area contributed by atoms with Crippen molar-refractivity contribution < 1.29 is 14.3 Å². The molecule has 1 aliphatic rings. The average molecular weight is 380 g/mol. The first-order valence-electron chi connectivity index (χ1n) is 10.0. The summed E-state index contributed by atoms with van der Waals surface area (Å²) in [5.41, 5.74) is 2.06. The van der Waals surface area contributed by atoms with Gasteiger partial charge in [-0.25, -0.2) is 9.59 Å². The summed E-state index contributed by atoms with van der Waals surface area (Å²) >= 11 is 0. The van der Waals surface area contributed by atoms with Gasteiger partial charge in [-0.2, -0.15) is 0 Å². The van der Waals surface area contributed by atoms with Crippen molar-refractivity contribution in [1.29, 1.82) is 0 Å². The zero-order valence-electron chi connectivity index (χ0n) is 16.4. The summed E-state index contributed by atoms with van der Waals surface area (Å²) in [5, 5.41) is 5.84. The highest BCUT2D eigenvalue weighted by atomic mass is 16.5. The molecule has 2 N–H and O–H groups in total. The maximum Gasteiger partial charge on any atom is 0.340 e. The van der Waals surface area contributed by atoms with Crippen molar-refractivity contribution in [3.05, 3.63) is 65.7 Å². The minimum Gasteiger partial charge on any atom is -0.462 e. The molecular formula is C23H28N2O3. The van der Waals surface area contributed by atoms with Crippen LogP contribution in [0.2, 0.25) is 0 Å². The number of anilines is 1. The van der Waals surface area contributed by atoms with E-state index >= 15 is 0 Å². The van der Waals surface area contributed by atoms with Gasteiger partial charge in [-0.1, -0.05) is 61.7 Å². The summed E-state index contributed by atoms with van der Waals surface area (Å²) < 4.78 is 5.07. The summed E-state index contributed by atoms with van der Waals surface area (Å²) in [4.78, 5) is 24.7. The van der Waals surface area contributed by atoms with Gasteiger partial charge in [-0.15, -0.1) is 0 Å². The highest BCUT2D eigenvalue weighted by Crippen LogP contribution is 2.38. The van der Waals surface area contributed by atoms with Gasteiger partial charge in [0.15, 0.2) is 0 Å². The second kappa shape index (κ2) is 9.40. The number of ether oxygens (including phenoxy) is 1. The Morgan fingerprint density at radius 2 is 1.64 bits per heavy atom. The Kier molecular flexibility index (Phi) is 6.69. The van der Waals surface area contributed by atoms with Gasteiger partial charge in [-0.05, 0) is 37.5 Å². The second-order valence-corrected chi connectivity index (χ2v) is 7.28. The number of amides is 2. The Balaban J connectivity index is 1.69. The molecule has 2 aromatic rings. The molecule has 5 nitrogen and oxygen atoms in total. The van der Waals surface area contributed by atoms with Crippen molar-refractivity contribution in [3.63, 3.8) is 0 Å². The number of benzene rings is 2. The molecule has 28 heavy (non-hydrogen) atoms. The lowest BCUT2D eigenvalue weighted by molar-refractivity contribution is 0.0527. The molecule has 0 aliphatic heterocycles. The van der Waals surface area contributed by atoms with Crippen molar-refractivity contribution in [2.45, 2.75) is 44.4 Å². The largest absolute Gasteiger partial charge is 0.462 e. The van der Waals surface area contributed by atoms with E-state index in [0.717, 1.165) is 12.8 Å². The zero-order chi connectivity index (χ0) is 19.8. The lowest BCUT2D eigenvalue weighted by Crippen LogP contribution is -2.43. The minimum absolute atomic E-state index is 0.0302. The van der Waals surface area contributed by atoms with E-state index in [4.69, 9.17) is 4.74 Å². The third-order valence-electron chi connectivity index (χ3n) is 5.45. The van der Waals surface area contributed by atoms with Crippen LogP contribution in [0.15, 0.2) is 54.6 Å². The van der Waals surface area contributed by atoms with Gasteiger partial charge in [0.25, 0.3) is 0 Å². The fourth-order valence-corrected chi connectivity index (χ4v) is 3.98. The molecule has 0 unspecified atom stereocenters. The number of para-hydroxylation sites is 1. The molecule has 0 spiro atoms. The molecule has 0 heterocycles. The third-order valence-corrected chi connectivity index (χ3v) is 5.45. The Morgan fingerprint density at radius 1 is 0.964 bits per heavy atom. The standard InChI is InChI=1S/C23H28N2O3/c1-2-28-21(26)19-13-7-8-14-20(19)25-22(27)24-17-23(15-9-4-10-16-23)18-11-5-3-6-12-18/h3,5-8,11-14H,2,4,9-10,15-17H2,1H3,(H2,24,25,27). The quantitative estimate of drug-likeness (QED) is 0.702. The van der Waals surface area contributed by atoms with E-state index in [9.17, 15) is 9.59 Å². The number of carbonyl (C=O) groups is 2. The van der Waals surface area contributed by atoms with Crippen LogP contribution in [0.3, 0.4) is 0 Å². The fourth-order valence-electron chi connectivity index (χ4n) is 3.98. The van der Waals surface area contributed by atoms with Crippen molar-refractivity contribution in [2.24, 2.45) is 0 Å². The van der Waals surface area contributed by atoms with Gasteiger partial charge < -0.3 is 15.4 Å². The summed E-state index contributed by atoms with van der Waals surface area (Å²) in [6, 6.07) is 17.0. The molecule has 2 amide bonds. The average Bonchev–Trinajstić information content (AvgIpc) is 2.74. The van der Waals surface area contributed by atoms with Crippen LogP contribution in [0.25, 0.3) is 0 Å². The number of hydrogen-bond acceptors (Lipinski definition) is 3. The first-order chi connectivity index (χ1) is 13.6. The molecule has 0 saturated heterocycles. The van der Waals surface area contributed by atoms with Crippen LogP contribution in [0, 0.1) is 0 Å². The molecule has 0 radical (unpaired) electrons. The Hall–Kier alpha value is -2.82. The van der Waals surface area contributed by atoms with E-state index in [1.807, 2.05) is 6.07 Å². The SMILES string of the molecule is CCOC(=O)c1ccccc1NC(=O)NCC1(c2ccccc2)CCCCC1. The molecule has 0 atom stereocenters. The van der Waals surface area contributed by atoms with Crippen LogP contribution in [0.4, 0.5) is 10.5 Å². The topological polar surface area (TPSA) is 67.4 Å². The lowest BCUT2D eigenvalue weighted by atomic mass is 9.69. The number of esters is 1. The summed E-state index contributed by atoms with van der Waals surface area (Å²) in [5.74, 6) is -0.438. The van der Waals surface area contributed by atoms with Crippen LogP contribution < -0.4 is 10.6 Å². The molecule has 0 bridgehead atoms. The Morgan fingerprint density at radius 3 is 2.36 bits per heavy atom. The van der Waals surface area contributed by atoms with E-state index < -0.39 is 5.97 Å². The molecule has 1 aliphatic carbocycles. The number of urea groups is 1. The minimum atomic E-state index is -0.438. The molecule has 2 aromatic carbocycles. The van der Waals surface area contributed by atoms with Crippen molar-refractivity contribution in [3.8, 4) is 0 Å². The van der Waals surface area contributed by atoms with Crippen LogP contribution in [-0.4, -0.2) is 25.2 Å². The Bertz CT molecular complexity index is 799. The molecule has 1 fully saturated rings. The van der Waals surface area contributed by atoms with Gasteiger partial charge in [-0.3, -0.25) is 0 Å². The summed E-state index contributed by atoms with van der Waals surface area (Å²) in [6.45, 7) is 2.62. The third kappa shape index (κ3) is 4.71. The van der Waals surface area contributed by atoms with Gasteiger partial charge in [0.05, 0.1) is 17.9 Å². The van der Waals surface area contributed by atoms with Crippen LogP contribution in [0.5, 0.6) is 0 Å². The highest BCUT2D eigenvalue weighted by Gasteiger charge is 2.34. The molecule has 3 rings (SSSR count). The number of carbonyl (C=O) groups excluding carboxylic acids is 2. The van der Waals surface area contributed by atoms with E-state index in [2.05, 4.69) is 34.9 Å². The van der Waals surface area contributed by atoms with Gasteiger partial charge in [0, 0.05) is 12.0 Å². The summed E-state index contributed by atoms with van der Waals surface area (Å²) in [6.07, 6.45) is 5.72. The van der Waals surface area contributed by atoms with Crippen molar-refractivity contribution >= 4 is 17.7 Å². The monoisotopic (exact) mass is 380 g/mol. The zero-order valence-corrected chi connectivity index (χ0v) is 16.4. The van der Waals surface area contributed by atoms with E-state index in [0.29, 0.717) is 24.4 Å². The highest BCUT2D eigenvalue weighted by molar-refractivity contribution is 6.00. The summed E-state index contributed by atoms with van der Waals surface area (Å²) in [7, 11) is 0. The number of rotatable bonds is 6. The van der Waals surface area contributed by atoms with Gasteiger partial charge in [0.2, 0.25) is 0 Å². The number of hydrogen-bond donors (Lipinski definition) is 2. The van der Waals surface area contributed by atoms with Crippen molar-refractivity contribution in [1.82, 2.24) is 5.32 Å². The second-order valence-electron chi connectivity index (χ2n) is 7.28. The molecule has 148 valence electrons. The predicted molar refractivity (Wildman–Crippen MR) is 111 cm³/mol. The maximum absolute atomic E-state index is 12.6. The molecule has 5 heteroatoms. The van der Waals surface area contributed by atoms with Crippen LogP contribution in [-0.2, 0) is 10.2 Å². The van der Waals surface area contributed by atoms with E-state index in [-0.39, 0.29) is 11.4 Å². The van der Waals surface area contributed by atoms with Gasteiger partial charge >= 0.3 is 12.0 Å². The maximum atomic E-state index is 12.6. The van der Waals surface area contributed by atoms with E-state index in [1.54, 1.807) is 31.2 Å². The van der Waals surface area contributed by atoms with Gasteiger partial charge in [0.1, 0.15) is 0 Å². The van der Waals surface area contributed by atoms with Crippen LogP contribution in [0.1, 0.15) is 54.9 Å². The van der Waals surface area contributed by atoms with Crippen molar-refractivity contribution in [2.75, 3.05) is 18.5 Å².